The summed E-state index contributed by atoms with van der Waals surface area (Å²) in [5.74, 6) is -0.406. The molecule has 0 spiro atoms. The highest BCUT2D eigenvalue weighted by Gasteiger charge is 2.26. The minimum Gasteiger partial charge on any atom is -0.460 e. The highest BCUT2D eigenvalue weighted by molar-refractivity contribution is 5.86. The Hall–Kier alpha value is -2.05. The first-order valence-electron chi connectivity index (χ1n) is 10.3. The van der Waals surface area contributed by atoms with E-state index in [9.17, 15) is 14.4 Å². The van der Waals surface area contributed by atoms with Crippen LogP contribution in [-0.2, 0) is 23.8 Å². The molecule has 0 saturated heterocycles. The second kappa shape index (κ2) is 12.5. The van der Waals surface area contributed by atoms with Gasteiger partial charge >= 0.3 is 18.0 Å². The average Bonchev–Trinajstić information content (AvgIpc) is 2.56. The SMILES string of the molecule is C=C(C)C(=O)OCCNC(=O)OC(C)(C)CCCCCC(=O)OC(C)(C)C(C)C. The van der Waals surface area contributed by atoms with Crippen LogP contribution in [0.15, 0.2) is 12.2 Å². The van der Waals surface area contributed by atoms with E-state index in [1.807, 2.05) is 41.5 Å². The molecule has 7 nitrogen and oxygen atoms in total. The van der Waals surface area contributed by atoms with Crippen LogP contribution in [0.5, 0.6) is 0 Å². The van der Waals surface area contributed by atoms with Crippen LogP contribution in [0.3, 0.4) is 0 Å². The van der Waals surface area contributed by atoms with E-state index in [0.29, 0.717) is 18.4 Å². The Balaban J connectivity index is 3.97. The largest absolute Gasteiger partial charge is 0.460 e. The monoisotopic (exact) mass is 413 g/mol. The van der Waals surface area contributed by atoms with Crippen LogP contribution in [0.1, 0.15) is 80.6 Å². The lowest BCUT2D eigenvalue weighted by Crippen LogP contribution is -2.36. The first kappa shape index (κ1) is 27.0. The summed E-state index contributed by atoms with van der Waals surface area (Å²) in [6.07, 6.45) is 2.93. The van der Waals surface area contributed by atoms with E-state index in [1.165, 1.54) is 0 Å². The molecule has 0 aromatic heterocycles. The number of ether oxygens (including phenoxy) is 3. The fourth-order valence-corrected chi connectivity index (χ4v) is 2.22. The third kappa shape index (κ3) is 12.9. The van der Waals surface area contributed by atoms with Gasteiger partial charge in [0.1, 0.15) is 17.8 Å². The van der Waals surface area contributed by atoms with E-state index in [1.54, 1.807) is 6.92 Å². The van der Waals surface area contributed by atoms with E-state index in [2.05, 4.69) is 11.9 Å². The maximum Gasteiger partial charge on any atom is 0.407 e. The second-order valence-corrected chi connectivity index (χ2v) is 8.79. The lowest BCUT2D eigenvalue weighted by Gasteiger charge is -2.29. The van der Waals surface area contributed by atoms with Crippen molar-refractivity contribution >= 4 is 18.0 Å². The Morgan fingerprint density at radius 3 is 2.17 bits per heavy atom. The summed E-state index contributed by atoms with van der Waals surface area (Å²) in [5.41, 5.74) is -0.771. The van der Waals surface area contributed by atoms with Gasteiger partial charge in [-0.2, -0.15) is 0 Å². The van der Waals surface area contributed by atoms with Crippen LogP contribution in [-0.4, -0.2) is 42.4 Å². The predicted molar refractivity (Wildman–Crippen MR) is 112 cm³/mol. The first-order chi connectivity index (χ1) is 13.3. The zero-order valence-corrected chi connectivity index (χ0v) is 19.2. The van der Waals surface area contributed by atoms with Crippen molar-refractivity contribution in [2.24, 2.45) is 5.92 Å². The van der Waals surface area contributed by atoms with Crippen LogP contribution in [0.25, 0.3) is 0 Å². The third-order valence-corrected chi connectivity index (χ3v) is 4.75. The fraction of sp³-hybridized carbons (Fsp3) is 0.773. The number of unbranched alkanes of at least 4 members (excludes halogenated alkanes) is 2. The van der Waals surface area contributed by atoms with E-state index in [0.717, 1.165) is 19.3 Å². The molecule has 7 heteroatoms. The van der Waals surface area contributed by atoms with Gasteiger partial charge in [0.2, 0.25) is 0 Å². The number of esters is 2. The van der Waals surface area contributed by atoms with Crippen LogP contribution in [0.2, 0.25) is 0 Å². The van der Waals surface area contributed by atoms with Gasteiger partial charge < -0.3 is 19.5 Å². The number of carbonyl (C=O) groups is 3. The third-order valence-electron chi connectivity index (χ3n) is 4.75. The molecule has 0 aliphatic carbocycles. The van der Waals surface area contributed by atoms with E-state index >= 15 is 0 Å². The Morgan fingerprint density at radius 2 is 1.62 bits per heavy atom. The standard InChI is InChI=1S/C22H39NO6/c1-16(2)19(25)27-15-14-23-20(26)29-21(5,6)13-11-9-10-12-18(24)28-22(7,8)17(3)4/h17H,1,9-15H2,2-8H3,(H,23,26). The smallest absolute Gasteiger partial charge is 0.407 e. The number of alkyl carbamates (subject to hydrolysis) is 1. The summed E-state index contributed by atoms with van der Waals surface area (Å²) in [4.78, 5) is 35.0. The number of hydrogen-bond acceptors (Lipinski definition) is 6. The van der Waals surface area contributed by atoms with Gasteiger partial charge in [0.25, 0.3) is 0 Å². The molecule has 0 aromatic rings. The Kier molecular flexibility index (Phi) is 11.6. The molecule has 0 atom stereocenters. The van der Waals surface area contributed by atoms with Crippen LogP contribution in [0.4, 0.5) is 4.79 Å². The van der Waals surface area contributed by atoms with Crippen molar-refractivity contribution in [2.45, 2.75) is 91.8 Å². The van der Waals surface area contributed by atoms with Crippen LogP contribution >= 0.6 is 0 Å². The van der Waals surface area contributed by atoms with E-state index < -0.39 is 23.3 Å². The molecule has 0 aliphatic heterocycles. The molecule has 0 aromatic carbocycles. The van der Waals surface area contributed by atoms with Crippen LogP contribution < -0.4 is 5.32 Å². The van der Waals surface area contributed by atoms with Gasteiger partial charge in [0, 0.05) is 12.0 Å². The van der Waals surface area contributed by atoms with E-state index in [-0.39, 0.29) is 25.0 Å². The summed E-state index contributed by atoms with van der Waals surface area (Å²) < 4.78 is 15.8. The molecule has 168 valence electrons. The molecular formula is C22H39NO6. The van der Waals surface area contributed by atoms with Crippen molar-refractivity contribution in [3.63, 3.8) is 0 Å². The molecule has 29 heavy (non-hydrogen) atoms. The first-order valence-corrected chi connectivity index (χ1v) is 10.3. The van der Waals surface area contributed by atoms with Crippen LogP contribution in [0, 0.1) is 5.92 Å². The van der Waals surface area contributed by atoms with Crippen molar-refractivity contribution in [1.29, 1.82) is 0 Å². The van der Waals surface area contributed by atoms with Gasteiger partial charge in [-0.1, -0.05) is 26.8 Å². The topological polar surface area (TPSA) is 90.9 Å². The molecule has 0 aliphatic rings. The van der Waals surface area contributed by atoms with Gasteiger partial charge in [-0.3, -0.25) is 4.79 Å². The van der Waals surface area contributed by atoms with Gasteiger partial charge in [-0.25, -0.2) is 9.59 Å². The molecule has 0 radical (unpaired) electrons. The van der Waals surface area contributed by atoms with Crippen molar-refractivity contribution in [3.8, 4) is 0 Å². The molecule has 0 fully saturated rings. The van der Waals surface area contributed by atoms with Gasteiger partial charge in [-0.05, 0) is 59.8 Å². The molecule has 1 N–H and O–H groups in total. The number of carbonyl (C=O) groups excluding carboxylic acids is 3. The molecule has 0 bridgehead atoms. The van der Waals surface area contributed by atoms with Gasteiger partial charge in [0.05, 0.1) is 6.54 Å². The molecule has 0 unspecified atom stereocenters. The predicted octanol–water partition coefficient (Wildman–Crippen LogP) is 4.54. The number of amides is 1. The van der Waals surface area contributed by atoms with Crippen molar-refractivity contribution in [1.82, 2.24) is 5.32 Å². The Morgan fingerprint density at radius 1 is 1.00 bits per heavy atom. The maximum atomic E-state index is 11.9. The van der Waals surface area contributed by atoms with Crippen molar-refractivity contribution in [3.05, 3.63) is 12.2 Å². The van der Waals surface area contributed by atoms with Crippen molar-refractivity contribution in [2.75, 3.05) is 13.2 Å². The zero-order chi connectivity index (χ0) is 22.7. The molecule has 0 saturated carbocycles. The lowest BCUT2D eigenvalue weighted by atomic mass is 9.94. The minimum atomic E-state index is -0.626. The summed E-state index contributed by atoms with van der Waals surface area (Å²) >= 11 is 0. The Labute approximate surface area is 175 Å². The normalized spacial score (nSPS) is 11.7. The summed E-state index contributed by atoms with van der Waals surface area (Å²) in [5, 5.41) is 2.55. The second-order valence-electron chi connectivity index (χ2n) is 8.79. The lowest BCUT2D eigenvalue weighted by molar-refractivity contribution is -0.160. The quantitative estimate of drug-likeness (QED) is 0.206. The number of rotatable bonds is 13. The average molecular weight is 414 g/mol. The highest BCUT2D eigenvalue weighted by Crippen LogP contribution is 2.22. The highest BCUT2D eigenvalue weighted by atomic mass is 16.6. The number of hydrogen-bond donors (Lipinski definition) is 1. The van der Waals surface area contributed by atoms with Crippen molar-refractivity contribution < 1.29 is 28.6 Å². The van der Waals surface area contributed by atoms with Gasteiger partial charge in [0.15, 0.2) is 0 Å². The maximum absolute atomic E-state index is 11.9. The summed E-state index contributed by atoms with van der Waals surface area (Å²) in [6.45, 7) is 16.8. The van der Waals surface area contributed by atoms with E-state index in [4.69, 9.17) is 14.2 Å². The Bertz CT molecular complexity index is 566. The zero-order valence-electron chi connectivity index (χ0n) is 19.2. The molecule has 0 heterocycles. The fourth-order valence-electron chi connectivity index (χ4n) is 2.22. The number of nitrogens with one attached hydrogen (secondary N) is 1. The molecular weight excluding hydrogens is 374 g/mol. The summed E-state index contributed by atoms with van der Waals surface area (Å²) in [6, 6.07) is 0. The molecule has 0 rings (SSSR count). The van der Waals surface area contributed by atoms with Gasteiger partial charge in [-0.15, -0.1) is 0 Å². The summed E-state index contributed by atoms with van der Waals surface area (Å²) in [7, 11) is 0. The molecule has 1 amide bonds. The minimum absolute atomic E-state index is 0.0605.